The standard InChI is InChI=1S/C14H20FN5/c1-4-9(2)7-10(3)20-14(17-18-19-20)12-6-5-11(15)8-13(12)16/h5-6,8-10H,4,7,16H2,1-3H3. The number of hydrogen-bond donors (Lipinski definition) is 1. The third-order valence-corrected chi connectivity index (χ3v) is 3.61. The fourth-order valence-electron chi connectivity index (χ4n) is 2.25. The summed E-state index contributed by atoms with van der Waals surface area (Å²) in [5.41, 5.74) is 6.86. The van der Waals surface area contributed by atoms with Gasteiger partial charge in [-0.05, 0) is 47.9 Å². The third-order valence-electron chi connectivity index (χ3n) is 3.61. The van der Waals surface area contributed by atoms with Crippen molar-refractivity contribution in [2.75, 3.05) is 5.73 Å². The minimum Gasteiger partial charge on any atom is -0.398 e. The average molecular weight is 277 g/mol. The number of benzene rings is 1. The Hall–Kier alpha value is -1.98. The molecule has 0 amide bonds. The molecule has 0 bridgehead atoms. The number of halogens is 1. The predicted molar refractivity (Wildman–Crippen MR) is 76.4 cm³/mol. The van der Waals surface area contributed by atoms with Crippen LogP contribution in [0.3, 0.4) is 0 Å². The molecule has 2 N–H and O–H groups in total. The quantitative estimate of drug-likeness (QED) is 0.853. The van der Waals surface area contributed by atoms with Gasteiger partial charge in [-0.3, -0.25) is 0 Å². The summed E-state index contributed by atoms with van der Waals surface area (Å²) < 4.78 is 14.9. The van der Waals surface area contributed by atoms with E-state index < -0.39 is 0 Å². The number of nitrogens with zero attached hydrogens (tertiary/aromatic N) is 4. The van der Waals surface area contributed by atoms with Gasteiger partial charge in [0.2, 0.25) is 0 Å². The van der Waals surface area contributed by atoms with Crippen molar-refractivity contribution >= 4 is 5.69 Å². The van der Waals surface area contributed by atoms with Crippen molar-refractivity contribution in [2.45, 2.75) is 39.7 Å². The van der Waals surface area contributed by atoms with E-state index in [1.54, 1.807) is 10.7 Å². The Labute approximate surface area is 118 Å². The molecule has 6 heteroatoms. The second-order valence-corrected chi connectivity index (χ2v) is 5.28. The van der Waals surface area contributed by atoms with Gasteiger partial charge in [-0.2, -0.15) is 0 Å². The zero-order valence-electron chi connectivity index (χ0n) is 12.0. The molecule has 1 aromatic heterocycles. The molecule has 2 atom stereocenters. The average Bonchev–Trinajstić information content (AvgIpc) is 2.87. The van der Waals surface area contributed by atoms with Crippen LogP contribution in [0.4, 0.5) is 10.1 Å². The van der Waals surface area contributed by atoms with E-state index in [2.05, 4.69) is 36.3 Å². The Kier molecular flexibility index (Phi) is 4.32. The van der Waals surface area contributed by atoms with Crippen LogP contribution < -0.4 is 5.73 Å². The number of rotatable bonds is 5. The van der Waals surface area contributed by atoms with Crippen molar-refractivity contribution in [1.29, 1.82) is 0 Å². The molecule has 0 fully saturated rings. The van der Waals surface area contributed by atoms with E-state index in [9.17, 15) is 4.39 Å². The van der Waals surface area contributed by atoms with Crippen LogP contribution in [0.2, 0.25) is 0 Å². The first-order valence-electron chi connectivity index (χ1n) is 6.86. The van der Waals surface area contributed by atoms with Crippen LogP contribution in [0.15, 0.2) is 18.2 Å². The molecule has 0 radical (unpaired) electrons. The summed E-state index contributed by atoms with van der Waals surface area (Å²) in [7, 11) is 0. The summed E-state index contributed by atoms with van der Waals surface area (Å²) in [4.78, 5) is 0. The maximum Gasteiger partial charge on any atom is 0.184 e. The highest BCUT2D eigenvalue weighted by molar-refractivity contribution is 5.71. The number of aromatic nitrogens is 4. The minimum atomic E-state index is -0.363. The molecular weight excluding hydrogens is 257 g/mol. The second kappa shape index (κ2) is 5.98. The van der Waals surface area contributed by atoms with E-state index in [0.29, 0.717) is 23.0 Å². The van der Waals surface area contributed by atoms with Crippen molar-refractivity contribution in [3.8, 4) is 11.4 Å². The molecule has 0 aliphatic heterocycles. The maximum atomic E-state index is 13.1. The van der Waals surface area contributed by atoms with Crippen LogP contribution in [0.1, 0.15) is 39.7 Å². The Morgan fingerprint density at radius 1 is 1.35 bits per heavy atom. The van der Waals surface area contributed by atoms with E-state index in [0.717, 1.165) is 12.8 Å². The fraction of sp³-hybridized carbons (Fsp3) is 0.500. The molecule has 0 saturated carbocycles. The van der Waals surface area contributed by atoms with Gasteiger partial charge in [-0.1, -0.05) is 20.3 Å². The van der Waals surface area contributed by atoms with E-state index >= 15 is 0 Å². The summed E-state index contributed by atoms with van der Waals surface area (Å²) in [5, 5.41) is 11.8. The van der Waals surface area contributed by atoms with Gasteiger partial charge in [0, 0.05) is 11.3 Å². The van der Waals surface area contributed by atoms with Crippen molar-refractivity contribution in [3.05, 3.63) is 24.0 Å². The SMILES string of the molecule is CCC(C)CC(C)n1nnnc1-c1ccc(F)cc1N. The van der Waals surface area contributed by atoms with Crippen LogP contribution in [0.25, 0.3) is 11.4 Å². The van der Waals surface area contributed by atoms with Gasteiger partial charge in [0.15, 0.2) is 5.82 Å². The zero-order valence-corrected chi connectivity index (χ0v) is 12.0. The monoisotopic (exact) mass is 277 g/mol. The van der Waals surface area contributed by atoms with Crippen LogP contribution >= 0.6 is 0 Å². The fourth-order valence-corrected chi connectivity index (χ4v) is 2.25. The lowest BCUT2D eigenvalue weighted by atomic mass is 10.0. The van der Waals surface area contributed by atoms with E-state index in [1.807, 2.05) is 0 Å². The molecule has 20 heavy (non-hydrogen) atoms. The van der Waals surface area contributed by atoms with Gasteiger partial charge in [-0.25, -0.2) is 9.07 Å². The molecule has 5 nitrogen and oxygen atoms in total. The van der Waals surface area contributed by atoms with Crippen molar-refractivity contribution in [3.63, 3.8) is 0 Å². The van der Waals surface area contributed by atoms with Crippen molar-refractivity contribution in [2.24, 2.45) is 5.92 Å². The summed E-state index contributed by atoms with van der Waals surface area (Å²) in [6.45, 7) is 6.44. The Morgan fingerprint density at radius 3 is 2.75 bits per heavy atom. The molecule has 0 aliphatic rings. The Bertz CT molecular complexity index is 581. The number of nitrogen functional groups attached to an aromatic ring is 1. The largest absolute Gasteiger partial charge is 0.398 e. The third kappa shape index (κ3) is 2.95. The number of hydrogen-bond acceptors (Lipinski definition) is 4. The number of nitrogens with two attached hydrogens (primary N) is 1. The summed E-state index contributed by atoms with van der Waals surface area (Å²) in [6, 6.07) is 4.43. The summed E-state index contributed by atoms with van der Waals surface area (Å²) >= 11 is 0. The number of tetrazole rings is 1. The molecule has 2 rings (SSSR count). The van der Waals surface area contributed by atoms with Gasteiger partial charge in [-0.15, -0.1) is 5.10 Å². The molecule has 1 heterocycles. The first kappa shape index (κ1) is 14.4. The lowest BCUT2D eigenvalue weighted by Crippen LogP contribution is -2.12. The van der Waals surface area contributed by atoms with Gasteiger partial charge in [0.25, 0.3) is 0 Å². The second-order valence-electron chi connectivity index (χ2n) is 5.28. The van der Waals surface area contributed by atoms with Gasteiger partial charge in [0.05, 0.1) is 6.04 Å². The van der Waals surface area contributed by atoms with E-state index in [-0.39, 0.29) is 11.9 Å². The normalized spacial score (nSPS) is 14.2. The molecule has 1 aromatic carbocycles. The van der Waals surface area contributed by atoms with E-state index in [1.165, 1.54) is 12.1 Å². The molecule has 0 spiro atoms. The van der Waals surface area contributed by atoms with Crippen LogP contribution in [-0.2, 0) is 0 Å². The highest BCUT2D eigenvalue weighted by atomic mass is 19.1. The molecule has 2 unspecified atom stereocenters. The number of anilines is 1. The van der Waals surface area contributed by atoms with Gasteiger partial charge < -0.3 is 5.73 Å². The minimum absolute atomic E-state index is 0.166. The molecule has 0 aliphatic carbocycles. The van der Waals surface area contributed by atoms with Crippen molar-refractivity contribution in [1.82, 2.24) is 20.2 Å². The van der Waals surface area contributed by atoms with Crippen molar-refractivity contribution < 1.29 is 4.39 Å². The first-order chi connectivity index (χ1) is 9.52. The smallest absolute Gasteiger partial charge is 0.184 e. The molecule has 2 aromatic rings. The van der Waals surface area contributed by atoms with Crippen LogP contribution in [0.5, 0.6) is 0 Å². The predicted octanol–water partition coefficient (Wildman–Crippen LogP) is 3.06. The van der Waals surface area contributed by atoms with Gasteiger partial charge in [0.1, 0.15) is 5.82 Å². The van der Waals surface area contributed by atoms with Gasteiger partial charge >= 0.3 is 0 Å². The zero-order chi connectivity index (χ0) is 14.7. The summed E-state index contributed by atoms with van der Waals surface area (Å²) in [6.07, 6.45) is 2.09. The molecular formula is C14H20FN5. The lowest BCUT2D eigenvalue weighted by molar-refractivity contribution is 0.371. The molecule has 108 valence electrons. The highest BCUT2D eigenvalue weighted by Gasteiger charge is 2.18. The van der Waals surface area contributed by atoms with Crippen LogP contribution in [-0.4, -0.2) is 20.2 Å². The lowest BCUT2D eigenvalue weighted by Gasteiger charge is -2.17. The highest BCUT2D eigenvalue weighted by Crippen LogP contribution is 2.28. The Morgan fingerprint density at radius 2 is 2.10 bits per heavy atom. The maximum absolute atomic E-state index is 13.1. The first-order valence-corrected chi connectivity index (χ1v) is 6.86. The topological polar surface area (TPSA) is 69.6 Å². The molecule has 0 saturated heterocycles. The van der Waals surface area contributed by atoms with E-state index in [4.69, 9.17) is 5.73 Å². The summed E-state index contributed by atoms with van der Waals surface area (Å²) in [5.74, 6) is 0.809. The Balaban J connectivity index is 2.32. The van der Waals surface area contributed by atoms with Crippen LogP contribution in [0, 0.1) is 11.7 Å².